The summed E-state index contributed by atoms with van der Waals surface area (Å²) in [5.74, 6) is 0. The molecule has 0 radical (unpaired) electrons. The Bertz CT molecular complexity index is 368. The Hall–Kier alpha value is -1.69. The molecule has 0 amide bonds. The number of hydrogen-bond acceptors (Lipinski definition) is 4. The highest BCUT2D eigenvalue weighted by atomic mass is 35.5. The Balaban J connectivity index is 3.12. The van der Waals surface area contributed by atoms with E-state index in [1.807, 2.05) is 0 Å². The molecule has 7 heteroatoms. The number of benzene rings is 1. The van der Waals surface area contributed by atoms with Gasteiger partial charge < -0.3 is 0 Å². The maximum absolute atomic E-state index is 10.4. The molecule has 0 spiro atoms. The Morgan fingerprint density at radius 3 is 2.21 bits per heavy atom. The third-order valence-electron chi connectivity index (χ3n) is 1.55. The second kappa shape index (κ2) is 4.01. The molecule has 0 aliphatic rings. The fourth-order valence-corrected chi connectivity index (χ4v) is 1.19. The van der Waals surface area contributed by atoms with Gasteiger partial charge in [0.15, 0.2) is 0 Å². The molecule has 0 heterocycles. The molecular weight excluding hydrogens is 212 g/mol. The van der Waals surface area contributed by atoms with Gasteiger partial charge in [-0.25, -0.2) is 0 Å². The molecular formula is C7H5ClN2O4. The van der Waals surface area contributed by atoms with Crippen LogP contribution < -0.4 is 0 Å². The first-order valence-corrected chi connectivity index (χ1v) is 3.92. The van der Waals surface area contributed by atoms with Crippen LogP contribution in [0.25, 0.3) is 0 Å². The van der Waals surface area contributed by atoms with Crippen LogP contribution in [-0.4, -0.2) is 9.85 Å². The van der Waals surface area contributed by atoms with Gasteiger partial charge in [-0.15, -0.1) is 0 Å². The minimum absolute atomic E-state index is 0.0347. The molecule has 0 atom stereocenters. The lowest BCUT2D eigenvalue weighted by atomic mass is 10.2. The van der Waals surface area contributed by atoms with Crippen molar-refractivity contribution in [3.8, 4) is 0 Å². The van der Waals surface area contributed by atoms with Crippen molar-refractivity contribution in [2.45, 2.75) is 6.17 Å². The smallest absolute Gasteiger partial charge is 0.258 e. The SMILES string of the molecule is O=[N+]([O-])C(c1cccc(Cl)c1)[N+](=O)[O-]. The molecule has 0 aromatic heterocycles. The van der Waals surface area contributed by atoms with Crippen molar-refractivity contribution in [2.24, 2.45) is 0 Å². The van der Waals surface area contributed by atoms with E-state index in [4.69, 9.17) is 11.6 Å². The van der Waals surface area contributed by atoms with Crippen molar-refractivity contribution in [1.29, 1.82) is 0 Å². The van der Waals surface area contributed by atoms with Gasteiger partial charge in [0.05, 0.1) is 0 Å². The largest absolute Gasteiger partial charge is 0.476 e. The Kier molecular flexibility index (Phi) is 2.98. The second-order valence-electron chi connectivity index (χ2n) is 2.50. The minimum atomic E-state index is -1.95. The summed E-state index contributed by atoms with van der Waals surface area (Å²) in [7, 11) is 0. The molecule has 0 saturated carbocycles. The summed E-state index contributed by atoms with van der Waals surface area (Å²) in [4.78, 5) is 18.8. The summed E-state index contributed by atoms with van der Waals surface area (Å²) < 4.78 is 0. The van der Waals surface area contributed by atoms with Crippen LogP contribution in [0.2, 0.25) is 5.02 Å². The highest BCUT2D eigenvalue weighted by molar-refractivity contribution is 6.30. The van der Waals surface area contributed by atoms with Crippen LogP contribution in [0, 0.1) is 20.2 Å². The molecule has 1 rings (SSSR count). The number of rotatable bonds is 3. The first-order chi connectivity index (χ1) is 6.52. The first kappa shape index (κ1) is 10.4. The van der Waals surface area contributed by atoms with E-state index in [1.165, 1.54) is 24.3 Å². The van der Waals surface area contributed by atoms with Crippen molar-refractivity contribution >= 4 is 11.6 Å². The van der Waals surface area contributed by atoms with E-state index < -0.39 is 16.0 Å². The molecule has 0 unspecified atom stereocenters. The molecule has 0 N–H and O–H groups in total. The molecule has 0 saturated heterocycles. The van der Waals surface area contributed by atoms with Crippen molar-refractivity contribution in [1.82, 2.24) is 0 Å². The molecule has 0 aliphatic carbocycles. The molecule has 14 heavy (non-hydrogen) atoms. The maximum atomic E-state index is 10.4. The summed E-state index contributed by atoms with van der Waals surface area (Å²) in [5.41, 5.74) is -0.0347. The van der Waals surface area contributed by atoms with Gasteiger partial charge in [-0.1, -0.05) is 17.7 Å². The number of nitrogens with zero attached hydrogens (tertiary/aromatic N) is 2. The zero-order valence-corrected chi connectivity index (χ0v) is 7.55. The Morgan fingerprint density at radius 1 is 1.21 bits per heavy atom. The number of halogens is 1. The average Bonchev–Trinajstić information content (AvgIpc) is 2.02. The lowest BCUT2D eigenvalue weighted by Gasteiger charge is -2.01. The summed E-state index contributed by atoms with van der Waals surface area (Å²) >= 11 is 5.55. The van der Waals surface area contributed by atoms with Gasteiger partial charge in [0.1, 0.15) is 15.4 Å². The minimum Gasteiger partial charge on any atom is -0.258 e. The fourth-order valence-electron chi connectivity index (χ4n) is 0.988. The average molecular weight is 217 g/mol. The van der Waals surface area contributed by atoms with Crippen molar-refractivity contribution in [3.63, 3.8) is 0 Å². The summed E-state index contributed by atoms with van der Waals surface area (Å²) in [5, 5.41) is 21.0. The van der Waals surface area contributed by atoms with Gasteiger partial charge >= 0.3 is 6.17 Å². The number of hydrogen-bond donors (Lipinski definition) is 0. The van der Waals surface area contributed by atoms with Gasteiger partial charge in [0.2, 0.25) is 0 Å². The Morgan fingerprint density at radius 2 is 1.79 bits per heavy atom. The Labute approximate surface area is 83.4 Å². The van der Waals surface area contributed by atoms with Crippen molar-refractivity contribution < 1.29 is 9.85 Å². The van der Waals surface area contributed by atoms with E-state index in [9.17, 15) is 20.2 Å². The maximum Gasteiger partial charge on any atom is 0.476 e. The van der Waals surface area contributed by atoms with Crippen LogP contribution in [0.15, 0.2) is 24.3 Å². The predicted octanol–water partition coefficient (Wildman–Crippen LogP) is 1.89. The fraction of sp³-hybridized carbons (Fsp3) is 0.143. The van der Waals surface area contributed by atoms with Gasteiger partial charge in [0, 0.05) is 5.02 Å². The quantitative estimate of drug-likeness (QED) is 0.439. The lowest BCUT2D eigenvalue weighted by Crippen LogP contribution is -2.19. The first-order valence-electron chi connectivity index (χ1n) is 3.55. The van der Waals surface area contributed by atoms with E-state index in [0.29, 0.717) is 0 Å². The zero-order valence-electron chi connectivity index (χ0n) is 6.79. The topological polar surface area (TPSA) is 86.3 Å². The molecule has 1 aromatic rings. The molecule has 0 fully saturated rings. The van der Waals surface area contributed by atoms with Crippen LogP contribution in [0.3, 0.4) is 0 Å². The standard InChI is InChI=1S/C7H5ClN2O4/c8-6-3-1-2-5(4-6)7(9(11)12)10(13)14/h1-4,7H. The third kappa shape index (κ3) is 2.17. The second-order valence-corrected chi connectivity index (χ2v) is 2.94. The van der Waals surface area contributed by atoms with Crippen LogP contribution >= 0.6 is 11.6 Å². The van der Waals surface area contributed by atoms with Gasteiger partial charge in [-0.3, -0.25) is 20.2 Å². The van der Waals surface area contributed by atoms with Crippen LogP contribution in [0.5, 0.6) is 0 Å². The van der Waals surface area contributed by atoms with Crippen LogP contribution in [0.1, 0.15) is 11.7 Å². The van der Waals surface area contributed by atoms with Crippen molar-refractivity contribution in [2.75, 3.05) is 0 Å². The highest BCUT2D eigenvalue weighted by Crippen LogP contribution is 2.20. The van der Waals surface area contributed by atoms with Gasteiger partial charge in [-0.05, 0) is 18.2 Å². The van der Waals surface area contributed by atoms with E-state index in [0.717, 1.165) is 0 Å². The third-order valence-corrected chi connectivity index (χ3v) is 1.78. The van der Waals surface area contributed by atoms with E-state index in [1.54, 1.807) is 0 Å². The lowest BCUT2D eigenvalue weighted by molar-refractivity contribution is -0.752. The molecule has 74 valence electrons. The zero-order chi connectivity index (χ0) is 10.7. The molecule has 0 bridgehead atoms. The van der Waals surface area contributed by atoms with E-state index >= 15 is 0 Å². The van der Waals surface area contributed by atoms with Crippen LogP contribution in [-0.2, 0) is 0 Å². The van der Waals surface area contributed by atoms with Gasteiger partial charge in [0.25, 0.3) is 0 Å². The molecule has 1 aromatic carbocycles. The highest BCUT2D eigenvalue weighted by Gasteiger charge is 2.34. The molecule has 6 nitrogen and oxygen atoms in total. The summed E-state index contributed by atoms with van der Waals surface area (Å²) in [6, 6.07) is 5.42. The summed E-state index contributed by atoms with van der Waals surface area (Å²) in [6.45, 7) is 0. The molecule has 0 aliphatic heterocycles. The van der Waals surface area contributed by atoms with E-state index in [2.05, 4.69) is 0 Å². The van der Waals surface area contributed by atoms with Crippen LogP contribution in [0.4, 0.5) is 0 Å². The summed E-state index contributed by atoms with van der Waals surface area (Å²) in [6.07, 6.45) is -1.95. The van der Waals surface area contributed by atoms with E-state index in [-0.39, 0.29) is 10.6 Å². The number of nitro groups is 2. The normalized spacial score (nSPS) is 10.1. The monoisotopic (exact) mass is 216 g/mol. The van der Waals surface area contributed by atoms with Crippen molar-refractivity contribution in [3.05, 3.63) is 55.1 Å². The predicted molar refractivity (Wildman–Crippen MR) is 48.2 cm³/mol. The van der Waals surface area contributed by atoms with Gasteiger partial charge in [-0.2, -0.15) is 0 Å².